The van der Waals surface area contributed by atoms with Gasteiger partial charge in [0, 0.05) is 14.2 Å². The summed E-state index contributed by atoms with van der Waals surface area (Å²) in [6.07, 6.45) is 42.1. The van der Waals surface area contributed by atoms with Crippen LogP contribution in [0.15, 0.2) is 131 Å². The third-order valence-corrected chi connectivity index (χ3v) is 7.35. The molecular weight excluding hydrogens is 536 g/mol. The van der Waals surface area contributed by atoms with E-state index in [0.717, 1.165) is 32.1 Å². The van der Waals surface area contributed by atoms with Gasteiger partial charge in [0.25, 0.3) is 0 Å². The smallest absolute Gasteiger partial charge is 0.0657 e. The number of ether oxygens (including phenoxy) is 2. The highest BCUT2D eigenvalue weighted by Gasteiger charge is 2.13. The average molecular weight is 601 g/mol. The minimum absolute atomic E-state index is 0.0933. The van der Waals surface area contributed by atoms with Gasteiger partial charge < -0.3 is 9.47 Å². The van der Waals surface area contributed by atoms with Crippen molar-refractivity contribution in [2.24, 2.45) is 5.92 Å². The number of hydrogen-bond donors (Lipinski definition) is 0. The Hall–Kier alpha value is -2.94. The second kappa shape index (κ2) is 23.4. The summed E-state index contributed by atoms with van der Waals surface area (Å²) in [5.74, 6) is 0.518. The Kier molecular flexibility index (Phi) is 21.9. The average Bonchev–Trinajstić information content (AvgIpc) is 2.95. The molecule has 0 amide bonds. The lowest BCUT2D eigenvalue weighted by molar-refractivity contribution is 0.0251. The first-order chi connectivity index (χ1) is 20.7. The molecule has 0 aromatic carbocycles. The van der Waals surface area contributed by atoms with E-state index in [1.807, 2.05) is 0 Å². The van der Waals surface area contributed by atoms with Crippen LogP contribution in [0.25, 0.3) is 0 Å². The monoisotopic (exact) mass is 600 g/mol. The van der Waals surface area contributed by atoms with Crippen molar-refractivity contribution in [2.45, 2.75) is 113 Å². The van der Waals surface area contributed by atoms with E-state index >= 15 is 0 Å². The van der Waals surface area contributed by atoms with E-state index in [4.69, 9.17) is 9.47 Å². The molecule has 0 aliphatic carbocycles. The minimum atomic E-state index is -0.114. The lowest BCUT2D eigenvalue weighted by atomic mass is 10.0. The molecule has 0 heterocycles. The Morgan fingerprint density at radius 3 is 1.66 bits per heavy atom. The lowest BCUT2D eigenvalue weighted by Crippen LogP contribution is -2.20. The summed E-state index contributed by atoms with van der Waals surface area (Å²) in [4.78, 5) is 0. The van der Waals surface area contributed by atoms with Crippen molar-refractivity contribution in [1.29, 1.82) is 0 Å². The third kappa shape index (κ3) is 24.5. The van der Waals surface area contributed by atoms with E-state index in [1.165, 1.54) is 27.9 Å². The molecule has 0 N–H and O–H groups in total. The van der Waals surface area contributed by atoms with Crippen LogP contribution in [0, 0.1) is 5.92 Å². The number of rotatable bonds is 20. The van der Waals surface area contributed by atoms with Crippen LogP contribution in [-0.4, -0.2) is 25.4 Å². The predicted octanol–water partition coefficient (Wildman–Crippen LogP) is 12.5. The first kappa shape index (κ1) is 41.1. The number of allylic oxidation sites excluding steroid dienone is 20. The second-order valence-corrected chi connectivity index (χ2v) is 13.1. The Morgan fingerprint density at radius 2 is 1.07 bits per heavy atom. The van der Waals surface area contributed by atoms with Gasteiger partial charge in [0.05, 0.1) is 11.2 Å². The molecule has 1 atom stereocenters. The van der Waals surface area contributed by atoms with Gasteiger partial charge in [0.1, 0.15) is 0 Å². The molecule has 0 aromatic heterocycles. The van der Waals surface area contributed by atoms with Crippen molar-refractivity contribution < 1.29 is 9.47 Å². The van der Waals surface area contributed by atoms with Gasteiger partial charge in [0.2, 0.25) is 0 Å². The van der Waals surface area contributed by atoms with E-state index in [-0.39, 0.29) is 11.2 Å². The predicted molar refractivity (Wildman–Crippen MR) is 198 cm³/mol. The molecule has 0 fully saturated rings. The SMILES string of the molecule is COC(C)(C)C/C=C/C(C)=C/C=C/C(C)=C/CC/C(C)=C/C=C/C=C(C)/C=C/C=C(C)/C=C\CC(C)/C=C/CC(C)(C)OC. The summed E-state index contributed by atoms with van der Waals surface area (Å²) >= 11 is 0. The van der Waals surface area contributed by atoms with Crippen LogP contribution >= 0.6 is 0 Å². The highest BCUT2D eigenvalue weighted by atomic mass is 16.5. The van der Waals surface area contributed by atoms with E-state index in [1.54, 1.807) is 14.2 Å². The number of methoxy groups -OCH3 is 2. The van der Waals surface area contributed by atoms with Gasteiger partial charge >= 0.3 is 0 Å². The molecule has 2 heteroatoms. The van der Waals surface area contributed by atoms with Crippen LogP contribution in [0.2, 0.25) is 0 Å². The summed E-state index contributed by atoms with van der Waals surface area (Å²) in [5.41, 5.74) is 6.17. The van der Waals surface area contributed by atoms with E-state index in [0.29, 0.717) is 5.92 Å². The lowest BCUT2D eigenvalue weighted by Gasteiger charge is -2.20. The minimum Gasteiger partial charge on any atom is -0.378 e. The van der Waals surface area contributed by atoms with Crippen molar-refractivity contribution in [1.82, 2.24) is 0 Å². The Labute approximate surface area is 272 Å². The van der Waals surface area contributed by atoms with Crippen molar-refractivity contribution in [3.05, 3.63) is 131 Å². The molecule has 0 aromatic rings. The van der Waals surface area contributed by atoms with Gasteiger partial charge in [-0.3, -0.25) is 0 Å². The topological polar surface area (TPSA) is 18.5 Å². The maximum absolute atomic E-state index is 5.47. The van der Waals surface area contributed by atoms with Crippen LogP contribution in [-0.2, 0) is 9.47 Å². The molecule has 0 bridgehead atoms. The third-order valence-electron chi connectivity index (χ3n) is 7.35. The molecule has 0 radical (unpaired) electrons. The van der Waals surface area contributed by atoms with Gasteiger partial charge in [0.15, 0.2) is 0 Å². The van der Waals surface area contributed by atoms with Crippen LogP contribution < -0.4 is 0 Å². The van der Waals surface area contributed by atoms with Gasteiger partial charge in [-0.15, -0.1) is 0 Å². The van der Waals surface area contributed by atoms with E-state index in [9.17, 15) is 0 Å². The normalized spacial score (nSPS) is 16.4. The zero-order chi connectivity index (χ0) is 33.4. The van der Waals surface area contributed by atoms with Crippen molar-refractivity contribution in [3.63, 3.8) is 0 Å². The van der Waals surface area contributed by atoms with Gasteiger partial charge in [-0.1, -0.05) is 138 Å². The van der Waals surface area contributed by atoms with Crippen LogP contribution in [0.1, 0.15) is 101 Å². The zero-order valence-corrected chi connectivity index (χ0v) is 30.2. The molecular formula is C42H64O2. The first-order valence-corrected chi connectivity index (χ1v) is 16.2. The fourth-order valence-electron chi connectivity index (χ4n) is 3.80. The molecule has 2 nitrogen and oxygen atoms in total. The largest absolute Gasteiger partial charge is 0.378 e. The van der Waals surface area contributed by atoms with Crippen LogP contribution in [0.3, 0.4) is 0 Å². The summed E-state index contributed by atoms with van der Waals surface area (Å²) < 4.78 is 10.9. The van der Waals surface area contributed by atoms with Crippen molar-refractivity contribution in [3.8, 4) is 0 Å². The molecule has 0 saturated heterocycles. The zero-order valence-electron chi connectivity index (χ0n) is 30.2. The standard InChI is InChI=1S/C42H64O2/c1-35(23-15-25-37(3)27-17-29-39(5)31-19-33-41(7,8)43-11)21-13-14-22-36(2)24-16-26-38(4)28-18-30-40(6)32-20-34-42(9,10)44-12/h13-15,17-23,25-28,30-32,39H,16,24,29,33-34H2,1-12H3/b14-13+,23-15+,27-17-,28-18+,31-19+,32-20+,35-21+,36-22+,37-25+,38-26+,40-30+. The highest BCUT2D eigenvalue weighted by Crippen LogP contribution is 2.16. The second-order valence-electron chi connectivity index (χ2n) is 13.1. The molecule has 0 spiro atoms. The Balaban J connectivity index is 4.59. The molecule has 1 unspecified atom stereocenters. The van der Waals surface area contributed by atoms with Gasteiger partial charge in [-0.05, 0) is 100 Å². The van der Waals surface area contributed by atoms with Crippen molar-refractivity contribution in [2.75, 3.05) is 14.2 Å². The molecule has 244 valence electrons. The Morgan fingerprint density at radius 1 is 0.591 bits per heavy atom. The van der Waals surface area contributed by atoms with Crippen LogP contribution in [0.5, 0.6) is 0 Å². The fourth-order valence-corrected chi connectivity index (χ4v) is 3.80. The molecule has 0 rings (SSSR count). The summed E-state index contributed by atoms with van der Waals surface area (Å²) in [5, 5.41) is 0. The maximum atomic E-state index is 5.47. The van der Waals surface area contributed by atoms with E-state index < -0.39 is 0 Å². The van der Waals surface area contributed by atoms with Crippen LogP contribution in [0.4, 0.5) is 0 Å². The van der Waals surface area contributed by atoms with Crippen molar-refractivity contribution >= 4 is 0 Å². The molecule has 0 aliphatic rings. The summed E-state index contributed by atoms with van der Waals surface area (Å²) in [6.45, 7) is 21.4. The Bertz CT molecular complexity index is 1150. The summed E-state index contributed by atoms with van der Waals surface area (Å²) in [6, 6.07) is 0. The summed E-state index contributed by atoms with van der Waals surface area (Å²) in [7, 11) is 3.53. The number of hydrogen-bond acceptors (Lipinski definition) is 2. The fraction of sp³-hybridized carbons (Fsp3) is 0.476. The molecule has 0 aliphatic heterocycles. The quantitative estimate of drug-likeness (QED) is 0.102. The van der Waals surface area contributed by atoms with Gasteiger partial charge in [-0.25, -0.2) is 0 Å². The van der Waals surface area contributed by atoms with Gasteiger partial charge in [-0.2, -0.15) is 0 Å². The first-order valence-electron chi connectivity index (χ1n) is 16.2. The maximum Gasteiger partial charge on any atom is 0.0657 e. The van der Waals surface area contributed by atoms with E-state index in [2.05, 4.69) is 173 Å². The molecule has 44 heavy (non-hydrogen) atoms. The molecule has 0 saturated carbocycles. The highest BCUT2D eigenvalue weighted by molar-refractivity contribution is 5.30.